The molecule has 0 aliphatic heterocycles. The Morgan fingerprint density at radius 2 is 2.28 bits per heavy atom. The summed E-state index contributed by atoms with van der Waals surface area (Å²) in [7, 11) is -2.16. The van der Waals surface area contributed by atoms with Gasteiger partial charge in [0.25, 0.3) is 10.0 Å². The molecule has 0 saturated heterocycles. The summed E-state index contributed by atoms with van der Waals surface area (Å²) >= 11 is 0. The number of nitrogens with one attached hydrogen (secondary N) is 1. The Kier molecular flexibility index (Phi) is 3.26. The van der Waals surface area contributed by atoms with E-state index in [9.17, 15) is 8.42 Å². The van der Waals surface area contributed by atoms with Gasteiger partial charge in [0.2, 0.25) is 0 Å². The summed E-state index contributed by atoms with van der Waals surface area (Å²) in [6, 6.07) is 3.34. The fourth-order valence-electron chi connectivity index (χ4n) is 1.43. The van der Waals surface area contributed by atoms with Gasteiger partial charge in [0, 0.05) is 13.2 Å². The average molecular weight is 268 g/mol. The van der Waals surface area contributed by atoms with Crippen molar-refractivity contribution < 1.29 is 8.42 Å². The first-order valence-corrected chi connectivity index (χ1v) is 6.52. The molecule has 0 saturated carbocycles. The van der Waals surface area contributed by atoms with Crippen LogP contribution < -0.4 is 10.5 Å². The van der Waals surface area contributed by atoms with Gasteiger partial charge in [-0.3, -0.25) is 0 Å². The molecule has 2 aromatic heterocycles. The van der Waals surface area contributed by atoms with Gasteiger partial charge < -0.3 is 10.3 Å². The van der Waals surface area contributed by atoms with Gasteiger partial charge in [-0.05, 0) is 12.1 Å². The number of sulfonamides is 1. The lowest BCUT2D eigenvalue weighted by Gasteiger charge is -2.07. The van der Waals surface area contributed by atoms with E-state index in [1.165, 1.54) is 17.1 Å². The standard InChI is InChI=1S/C9H12N6O2S/c1-15-6-11-8(10)9(15)18(16,17)13-5-7-3-2-4-12-14-7/h2-4,6,13H,5,10H2,1H3. The van der Waals surface area contributed by atoms with Gasteiger partial charge >= 0.3 is 0 Å². The molecule has 96 valence electrons. The Morgan fingerprint density at radius 1 is 1.50 bits per heavy atom. The molecule has 0 spiro atoms. The van der Waals surface area contributed by atoms with E-state index in [4.69, 9.17) is 5.73 Å². The highest BCUT2D eigenvalue weighted by Crippen LogP contribution is 2.15. The van der Waals surface area contributed by atoms with Crippen molar-refractivity contribution in [1.29, 1.82) is 0 Å². The average Bonchev–Trinajstić information content (AvgIpc) is 2.69. The maximum Gasteiger partial charge on any atom is 0.260 e. The monoisotopic (exact) mass is 268 g/mol. The number of nitrogen functional groups attached to an aromatic ring is 1. The van der Waals surface area contributed by atoms with Crippen molar-refractivity contribution in [2.24, 2.45) is 7.05 Å². The Morgan fingerprint density at radius 3 is 2.83 bits per heavy atom. The summed E-state index contributed by atoms with van der Waals surface area (Å²) in [5.74, 6) is -0.0378. The number of anilines is 1. The lowest BCUT2D eigenvalue weighted by molar-refractivity contribution is 0.570. The Bertz CT molecular complexity index is 617. The van der Waals surface area contributed by atoms with Crippen LogP contribution in [0.5, 0.6) is 0 Å². The van der Waals surface area contributed by atoms with Crippen LogP contribution in [-0.2, 0) is 23.6 Å². The van der Waals surface area contributed by atoms with Crippen molar-refractivity contribution >= 4 is 15.8 Å². The third kappa shape index (κ3) is 2.46. The molecule has 0 aromatic carbocycles. The van der Waals surface area contributed by atoms with Crippen LogP contribution in [-0.4, -0.2) is 28.2 Å². The largest absolute Gasteiger partial charge is 0.381 e. The number of imidazole rings is 1. The number of nitrogens with two attached hydrogens (primary N) is 1. The molecule has 0 fully saturated rings. The molecule has 0 aliphatic carbocycles. The van der Waals surface area contributed by atoms with Crippen molar-refractivity contribution in [1.82, 2.24) is 24.5 Å². The van der Waals surface area contributed by atoms with Gasteiger partial charge in [0.05, 0.1) is 18.6 Å². The smallest absolute Gasteiger partial charge is 0.260 e. The summed E-state index contributed by atoms with van der Waals surface area (Å²) in [6.07, 6.45) is 2.85. The Labute approximate surface area is 104 Å². The number of hydrogen-bond acceptors (Lipinski definition) is 6. The first-order chi connectivity index (χ1) is 8.50. The van der Waals surface area contributed by atoms with Crippen molar-refractivity contribution in [3.05, 3.63) is 30.4 Å². The third-order valence-electron chi connectivity index (χ3n) is 2.23. The minimum atomic E-state index is -3.72. The Hall–Kier alpha value is -2.00. The highest BCUT2D eigenvalue weighted by Gasteiger charge is 2.22. The number of aryl methyl sites for hydroxylation is 1. The van der Waals surface area contributed by atoms with Gasteiger partial charge in [-0.1, -0.05) is 0 Å². The molecule has 0 amide bonds. The van der Waals surface area contributed by atoms with E-state index in [0.29, 0.717) is 5.69 Å². The van der Waals surface area contributed by atoms with Crippen LogP contribution in [0.3, 0.4) is 0 Å². The highest BCUT2D eigenvalue weighted by atomic mass is 32.2. The fraction of sp³-hybridized carbons (Fsp3) is 0.222. The lowest BCUT2D eigenvalue weighted by atomic mass is 10.4. The minimum Gasteiger partial charge on any atom is -0.381 e. The zero-order valence-corrected chi connectivity index (χ0v) is 10.4. The minimum absolute atomic E-state index is 0.0378. The predicted octanol–water partition coefficient (Wildman–Crippen LogP) is -0.729. The summed E-state index contributed by atoms with van der Waals surface area (Å²) in [4.78, 5) is 3.73. The molecular weight excluding hydrogens is 256 g/mol. The van der Waals surface area contributed by atoms with E-state index in [0.717, 1.165) is 0 Å². The summed E-state index contributed by atoms with van der Waals surface area (Å²) in [5, 5.41) is 7.37. The van der Waals surface area contributed by atoms with Gasteiger partial charge in [-0.25, -0.2) is 18.1 Å². The molecular formula is C9H12N6O2S. The molecule has 9 heteroatoms. The third-order valence-corrected chi connectivity index (χ3v) is 3.77. The Balaban J connectivity index is 2.19. The number of aromatic nitrogens is 4. The summed E-state index contributed by atoms with van der Waals surface area (Å²) in [5.41, 5.74) is 6.03. The molecule has 0 bridgehead atoms. The maximum atomic E-state index is 12.0. The molecule has 0 unspecified atom stereocenters. The zero-order valence-electron chi connectivity index (χ0n) is 9.61. The number of hydrogen-bond donors (Lipinski definition) is 2. The van der Waals surface area contributed by atoms with Crippen molar-refractivity contribution in [2.75, 3.05) is 5.73 Å². The van der Waals surface area contributed by atoms with E-state index in [-0.39, 0.29) is 17.4 Å². The van der Waals surface area contributed by atoms with Gasteiger partial charge in [0.1, 0.15) is 0 Å². The zero-order chi connectivity index (χ0) is 13.2. The van der Waals surface area contributed by atoms with Crippen LogP contribution >= 0.6 is 0 Å². The van der Waals surface area contributed by atoms with Crippen LogP contribution in [0, 0.1) is 0 Å². The van der Waals surface area contributed by atoms with Crippen molar-refractivity contribution in [3.63, 3.8) is 0 Å². The predicted molar refractivity (Wildman–Crippen MR) is 63.7 cm³/mol. The molecule has 18 heavy (non-hydrogen) atoms. The quantitative estimate of drug-likeness (QED) is 0.755. The molecule has 3 N–H and O–H groups in total. The summed E-state index contributed by atoms with van der Waals surface area (Å²) < 4.78 is 27.7. The second-order valence-corrected chi connectivity index (χ2v) is 5.27. The molecule has 0 atom stereocenters. The molecule has 2 rings (SSSR count). The molecule has 2 heterocycles. The highest BCUT2D eigenvalue weighted by molar-refractivity contribution is 7.89. The first-order valence-electron chi connectivity index (χ1n) is 5.04. The van der Waals surface area contributed by atoms with E-state index in [2.05, 4.69) is 19.9 Å². The number of nitrogens with zero attached hydrogens (tertiary/aromatic N) is 4. The van der Waals surface area contributed by atoms with Gasteiger partial charge in [-0.15, -0.1) is 0 Å². The van der Waals surface area contributed by atoms with Gasteiger partial charge in [-0.2, -0.15) is 10.2 Å². The molecule has 0 radical (unpaired) electrons. The van der Waals surface area contributed by atoms with Crippen LogP contribution in [0.2, 0.25) is 0 Å². The van der Waals surface area contributed by atoms with Gasteiger partial charge in [0.15, 0.2) is 10.8 Å². The van der Waals surface area contributed by atoms with Crippen LogP contribution in [0.15, 0.2) is 29.7 Å². The van der Waals surface area contributed by atoms with Crippen LogP contribution in [0.4, 0.5) is 5.82 Å². The first kappa shape index (κ1) is 12.5. The van der Waals surface area contributed by atoms with Crippen molar-refractivity contribution in [3.8, 4) is 0 Å². The lowest BCUT2D eigenvalue weighted by Crippen LogP contribution is -2.26. The molecule has 0 aliphatic rings. The second-order valence-electron chi connectivity index (χ2n) is 3.59. The second kappa shape index (κ2) is 4.70. The fourth-order valence-corrected chi connectivity index (χ4v) is 2.66. The van der Waals surface area contributed by atoms with E-state index < -0.39 is 10.0 Å². The number of rotatable bonds is 4. The van der Waals surface area contributed by atoms with E-state index >= 15 is 0 Å². The normalized spacial score (nSPS) is 11.6. The molecule has 8 nitrogen and oxygen atoms in total. The van der Waals surface area contributed by atoms with Crippen LogP contribution in [0.1, 0.15) is 5.69 Å². The SMILES string of the molecule is Cn1cnc(N)c1S(=O)(=O)NCc1cccnn1. The van der Waals surface area contributed by atoms with E-state index in [1.807, 2.05) is 0 Å². The molecule has 2 aromatic rings. The van der Waals surface area contributed by atoms with Crippen molar-refractivity contribution in [2.45, 2.75) is 11.6 Å². The van der Waals surface area contributed by atoms with Crippen LogP contribution in [0.25, 0.3) is 0 Å². The maximum absolute atomic E-state index is 12.0. The summed E-state index contributed by atoms with van der Waals surface area (Å²) in [6.45, 7) is 0.0425. The van der Waals surface area contributed by atoms with E-state index in [1.54, 1.807) is 19.2 Å². The topological polar surface area (TPSA) is 116 Å².